The van der Waals surface area contributed by atoms with E-state index in [0.29, 0.717) is 24.5 Å². The molecule has 1 fully saturated rings. The quantitative estimate of drug-likeness (QED) is 0.539. The molecule has 0 bridgehead atoms. The molecule has 0 unspecified atom stereocenters. The van der Waals surface area contributed by atoms with Crippen LogP contribution in [0, 0.1) is 13.8 Å². The van der Waals surface area contributed by atoms with Crippen LogP contribution >= 0.6 is 0 Å². The third kappa shape index (κ3) is 5.42. The zero-order valence-electron chi connectivity index (χ0n) is 22.0. The topological polar surface area (TPSA) is 107 Å². The first-order chi connectivity index (χ1) is 16.9. The molecule has 36 heavy (non-hydrogen) atoms. The van der Waals surface area contributed by atoms with Crippen molar-refractivity contribution in [3.8, 4) is 11.3 Å². The average molecular weight is 495 g/mol. The van der Waals surface area contributed by atoms with E-state index in [1.807, 2.05) is 60.6 Å². The lowest BCUT2D eigenvalue weighted by Gasteiger charge is -2.45. The van der Waals surface area contributed by atoms with Crippen molar-refractivity contribution in [1.82, 2.24) is 24.8 Å². The summed E-state index contributed by atoms with van der Waals surface area (Å²) in [6, 6.07) is 5.26. The smallest absolute Gasteiger partial charge is 0.410 e. The van der Waals surface area contributed by atoms with Crippen LogP contribution in [0.3, 0.4) is 0 Å². The molecule has 0 N–H and O–H groups in total. The number of carbonyl (C=O) groups is 1. The number of hydrogen-bond donors (Lipinski definition) is 0. The summed E-state index contributed by atoms with van der Waals surface area (Å²) < 4.78 is 12.4. The summed E-state index contributed by atoms with van der Waals surface area (Å²) in [5.41, 5.74) is 3.11. The minimum absolute atomic E-state index is 0.0867. The van der Waals surface area contributed by atoms with Gasteiger partial charge in [-0.1, -0.05) is 5.16 Å². The van der Waals surface area contributed by atoms with Crippen LogP contribution in [-0.4, -0.2) is 61.7 Å². The van der Waals surface area contributed by atoms with Crippen molar-refractivity contribution in [3.05, 3.63) is 58.0 Å². The van der Waals surface area contributed by atoms with Gasteiger partial charge in [-0.15, -0.1) is 0 Å². The van der Waals surface area contributed by atoms with Crippen LogP contribution in [0.25, 0.3) is 11.3 Å². The van der Waals surface area contributed by atoms with Gasteiger partial charge in [-0.3, -0.25) is 14.7 Å². The molecule has 3 aromatic rings. The number of aryl methyl sites for hydroxylation is 2. The number of aromatic nitrogens is 4. The number of carbonyl (C=O) groups excluding carboxylic acids is 1. The lowest BCUT2D eigenvalue weighted by molar-refractivity contribution is 0.00565. The Hall–Kier alpha value is -3.69. The lowest BCUT2D eigenvalue weighted by atomic mass is 10.1. The van der Waals surface area contributed by atoms with Crippen LogP contribution < -0.4 is 10.5 Å². The highest BCUT2D eigenvalue weighted by Crippen LogP contribution is 2.26. The maximum absolute atomic E-state index is 13.0. The molecule has 1 saturated heterocycles. The van der Waals surface area contributed by atoms with Gasteiger partial charge < -0.3 is 14.2 Å². The van der Waals surface area contributed by atoms with E-state index in [2.05, 4.69) is 20.1 Å². The monoisotopic (exact) mass is 494 g/mol. The Morgan fingerprint density at radius 3 is 2.42 bits per heavy atom. The minimum atomic E-state index is -0.555. The van der Waals surface area contributed by atoms with Crippen molar-refractivity contribution in [3.63, 3.8) is 0 Å². The van der Waals surface area contributed by atoms with Crippen molar-refractivity contribution in [1.29, 1.82) is 0 Å². The van der Waals surface area contributed by atoms with Crippen LogP contribution in [0.2, 0.25) is 0 Å². The van der Waals surface area contributed by atoms with Gasteiger partial charge in [0.2, 0.25) is 0 Å². The standard InChI is InChI=1S/C26H34N6O4/c1-16-8-9-20(11-27-16)24-22(19(4)36-29-24)15-31-23(33)10-21(12-28-31)30-13-17(2)32(18(3)14-30)25(34)35-26(5,6)7/h8-12,17-18H,13-15H2,1-7H3/t17-,18+. The highest BCUT2D eigenvalue weighted by atomic mass is 16.6. The van der Waals surface area contributed by atoms with Gasteiger partial charge in [0.1, 0.15) is 17.1 Å². The van der Waals surface area contributed by atoms with E-state index >= 15 is 0 Å². The Balaban J connectivity index is 1.51. The Labute approximate surface area is 210 Å². The maximum Gasteiger partial charge on any atom is 0.410 e. The maximum atomic E-state index is 13.0. The molecule has 0 radical (unpaired) electrons. The molecule has 2 atom stereocenters. The normalized spacial score (nSPS) is 18.4. The second-order valence-electron chi connectivity index (χ2n) is 10.5. The van der Waals surface area contributed by atoms with Crippen LogP contribution in [0.5, 0.6) is 0 Å². The number of rotatable bonds is 4. The molecule has 4 heterocycles. The van der Waals surface area contributed by atoms with Crippen molar-refractivity contribution < 1.29 is 14.1 Å². The second-order valence-corrected chi connectivity index (χ2v) is 10.5. The highest BCUT2D eigenvalue weighted by molar-refractivity contribution is 5.69. The zero-order chi connectivity index (χ0) is 26.2. The molecule has 0 spiro atoms. The van der Waals surface area contributed by atoms with Crippen LogP contribution in [-0.2, 0) is 11.3 Å². The number of piperazine rings is 1. The van der Waals surface area contributed by atoms with Crippen molar-refractivity contribution in [2.24, 2.45) is 0 Å². The molecule has 3 aromatic heterocycles. The summed E-state index contributed by atoms with van der Waals surface area (Å²) >= 11 is 0. The average Bonchev–Trinajstić information content (AvgIpc) is 3.14. The van der Waals surface area contributed by atoms with Crippen molar-refractivity contribution >= 4 is 11.8 Å². The Bertz CT molecular complexity index is 1280. The first kappa shape index (κ1) is 25.4. The molecule has 1 amide bonds. The summed E-state index contributed by atoms with van der Waals surface area (Å²) in [5.74, 6) is 0.629. The fourth-order valence-electron chi connectivity index (χ4n) is 4.49. The molecular weight excluding hydrogens is 460 g/mol. The number of ether oxygens (including phenoxy) is 1. The second kappa shape index (κ2) is 9.75. The number of pyridine rings is 1. The number of hydrogen-bond acceptors (Lipinski definition) is 8. The van der Waals surface area contributed by atoms with Gasteiger partial charge in [-0.05, 0) is 60.6 Å². The van der Waals surface area contributed by atoms with Gasteiger partial charge in [0, 0.05) is 42.2 Å². The largest absolute Gasteiger partial charge is 0.444 e. The summed E-state index contributed by atoms with van der Waals surface area (Å²) in [6.07, 6.45) is 3.12. The van der Waals surface area contributed by atoms with E-state index in [1.54, 1.807) is 23.4 Å². The molecular formula is C26H34N6O4. The van der Waals surface area contributed by atoms with Crippen LogP contribution in [0.1, 0.15) is 51.6 Å². The van der Waals surface area contributed by atoms with Gasteiger partial charge in [-0.25, -0.2) is 9.48 Å². The highest BCUT2D eigenvalue weighted by Gasteiger charge is 2.35. The number of anilines is 1. The van der Waals surface area contributed by atoms with Crippen LogP contribution in [0.15, 0.2) is 39.9 Å². The van der Waals surface area contributed by atoms with E-state index in [4.69, 9.17) is 9.26 Å². The Kier molecular flexibility index (Phi) is 6.88. The fourth-order valence-corrected chi connectivity index (χ4v) is 4.49. The molecule has 0 aliphatic carbocycles. The van der Waals surface area contributed by atoms with Crippen LogP contribution in [0.4, 0.5) is 10.5 Å². The summed E-state index contributed by atoms with van der Waals surface area (Å²) in [6.45, 7) is 14.7. The predicted octanol–water partition coefficient (Wildman–Crippen LogP) is 3.79. The fraction of sp³-hybridized carbons (Fsp3) is 0.500. The lowest BCUT2D eigenvalue weighted by Crippen LogP contribution is -2.59. The van der Waals surface area contributed by atoms with Gasteiger partial charge in [0.25, 0.3) is 5.56 Å². The molecule has 0 aromatic carbocycles. The van der Waals surface area contributed by atoms with Gasteiger partial charge in [-0.2, -0.15) is 5.10 Å². The predicted molar refractivity (Wildman–Crippen MR) is 136 cm³/mol. The molecule has 1 aliphatic heterocycles. The SMILES string of the molecule is Cc1ccc(-c2noc(C)c2Cn2ncc(N3C[C@@H](C)N(C(=O)OC(C)(C)C)[C@@H](C)C3)cc2=O)cn1. The molecule has 4 rings (SSSR count). The number of nitrogens with zero attached hydrogens (tertiary/aromatic N) is 6. The summed E-state index contributed by atoms with van der Waals surface area (Å²) in [4.78, 5) is 33.9. The van der Waals surface area contributed by atoms with E-state index in [-0.39, 0.29) is 30.3 Å². The summed E-state index contributed by atoms with van der Waals surface area (Å²) in [5, 5.41) is 8.63. The third-order valence-corrected chi connectivity index (χ3v) is 6.22. The molecule has 10 nitrogen and oxygen atoms in total. The number of amides is 1. The molecule has 10 heteroatoms. The van der Waals surface area contributed by atoms with Gasteiger partial charge >= 0.3 is 6.09 Å². The molecule has 1 aliphatic rings. The minimum Gasteiger partial charge on any atom is -0.444 e. The molecule has 0 saturated carbocycles. The zero-order valence-corrected chi connectivity index (χ0v) is 22.0. The first-order valence-electron chi connectivity index (χ1n) is 12.1. The van der Waals surface area contributed by atoms with E-state index in [0.717, 1.165) is 22.5 Å². The Morgan fingerprint density at radius 1 is 1.14 bits per heavy atom. The molecule has 192 valence electrons. The van der Waals surface area contributed by atoms with Gasteiger partial charge in [0.05, 0.1) is 30.5 Å². The third-order valence-electron chi connectivity index (χ3n) is 6.22. The van der Waals surface area contributed by atoms with E-state index < -0.39 is 5.60 Å². The van der Waals surface area contributed by atoms with E-state index in [1.165, 1.54) is 4.68 Å². The Morgan fingerprint density at radius 2 is 1.83 bits per heavy atom. The van der Waals surface area contributed by atoms with E-state index in [9.17, 15) is 9.59 Å². The van der Waals surface area contributed by atoms with Crippen molar-refractivity contribution in [2.45, 2.75) is 72.7 Å². The summed E-state index contributed by atoms with van der Waals surface area (Å²) in [7, 11) is 0. The first-order valence-corrected chi connectivity index (χ1v) is 12.1. The van der Waals surface area contributed by atoms with Gasteiger partial charge in [0.15, 0.2) is 0 Å². The van der Waals surface area contributed by atoms with Crippen molar-refractivity contribution in [2.75, 3.05) is 18.0 Å².